The summed E-state index contributed by atoms with van der Waals surface area (Å²) >= 11 is 0. The zero-order chi connectivity index (χ0) is 20.0. The molecule has 0 aromatic heterocycles. The van der Waals surface area contributed by atoms with E-state index in [1.807, 2.05) is 0 Å². The first-order valence-corrected chi connectivity index (χ1v) is 11.4. The van der Waals surface area contributed by atoms with Crippen LogP contribution in [0.3, 0.4) is 0 Å². The van der Waals surface area contributed by atoms with Gasteiger partial charge >= 0.3 is 5.97 Å². The van der Waals surface area contributed by atoms with Crippen LogP contribution in [0.2, 0.25) is 0 Å². The van der Waals surface area contributed by atoms with Gasteiger partial charge in [-0.1, -0.05) is 96.0 Å². The minimum absolute atomic E-state index is 0.0857. The maximum atomic E-state index is 12.1. The summed E-state index contributed by atoms with van der Waals surface area (Å²) in [6, 6.07) is 0. The van der Waals surface area contributed by atoms with E-state index in [0.717, 1.165) is 25.7 Å². The Kier molecular flexibility index (Phi) is 20.1. The van der Waals surface area contributed by atoms with Crippen molar-refractivity contribution in [3.8, 4) is 0 Å². The molecule has 0 saturated carbocycles. The first kappa shape index (κ1) is 25.8. The third-order valence-corrected chi connectivity index (χ3v) is 5.03. The van der Waals surface area contributed by atoms with Gasteiger partial charge in [-0.15, -0.1) is 0 Å². The summed E-state index contributed by atoms with van der Waals surface area (Å²) in [5.74, 6) is -0.0857. The van der Waals surface area contributed by atoms with Crippen molar-refractivity contribution in [1.29, 1.82) is 0 Å². The van der Waals surface area contributed by atoms with E-state index in [1.54, 1.807) is 0 Å². The lowest BCUT2D eigenvalue weighted by Crippen LogP contribution is -2.19. The standard InChI is InChI=1S/C22H43N3O2/c1-3-5-7-9-10-11-12-14-16-18-22(26)27-21(19-20-24-25-23)17-15-13-8-6-4-2/h21H,3-20H2,1-2H3/t21-/m1/s1. The van der Waals surface area contributed by atoms with Gasteiger partial charge in [0.25, 0.3) is 0 Å². The van der Waals surface area contributed by atoms with E-state index in [-0.39, 0.29) is 12.1 Å². The molecule has 1 atom stereocenters. The summed E-state index contributed by atoms with van der Waals surface area (Å²) in [6.07, 6.45) is 19.2. The number of unbranched alkanes of at least 4 members (excludes halogenated alkanes) is 12. The Morgan fingerprint density at radius 3 is 1.89 bits per heavy atom. The molecule has 0 bridgehead atoms. The van der Waals surface area contributed by atoms with Crippen molar-refractivity contribution in [3.63, 3.8) is 0 Å². The lowest BCUT2D eigenvalue weighted by atomic mass is 10.1. The normalized spacial score (nSPS) is 11.8. The quantitative estimate of drug-likeness (QED) is 0.0707. The fraction of sp³-hybridized carbons (Fsp3) is 0.955. The van der Waals surface area contributed by atoms with E-state index in [0.29, 0.717) is 19.4 Å². The van der Waals surface area contributed by atoms with E-state index in [1.165, 1.54) is 70.6 Å². The summed E-state index contributed by atoms with van der Waals surface area (Å²) in [4.78, 5) is 14.9. The van der Waals surface area contributed by atoms with Gasteiger partial charge in [-0.25, -0.2) is 0 Å². The zero-order valence-electron chi connectivity index (χ0n) is 18.0. The molecule has 5 nitrogen and oxygen atoms in total. The Morgan fingerprint density at radius 1 is 0.815 bits per heavy atom. The van der Waals surface area contributed by atoms with Gasteiger partial charge in [0.1, 0.15) is 6.10 Å². The smallest absolute Gasteiger partial charge is 0.306 e. The third-order valence-electron chi connectivity index (χ3n) is 5.03. The summed E-state index contributed by atoms with van der Waals surface area (Å²) in [7, 11) is 0. The third kappa shape index (κ3) is 19.3. The molecule has 0 saturated heterocycles. The topological polar surface area (TPSA) is 75.1 Å². The molecular weight excluding hydrogens is 338 g/mol. The van der Waals surface area contributed by atoms with Crippen molar-refractivity contribution in [2.24, 2.45) is 5.11 Å². The lowest BCUT2D eigenvalue weighted by Gasteiger charge is -2.17. The molecule has 0 radical (unpaired) electrons. The maximum absolute atomic E-state index is 12.1. The van der Waals surface area contributed by atoms with E-state index >= 15 is 0 Å². The van der Waals surface area contributed by atoms with E-state index in [4.69, 9.17) is 10.3 Å². The fourth-order valence-electron chi connectivity index (χ4n) is 3.31. The van der Waals surface area contributed by atoms with Crippen molar-refractivity contribution in [2.45, 2.75) is 129 Å². The molecule has 0 aromatic rings. The van der Waals surface area contributed by atoms with Crippen LogP contribution in [-0.4, -0.2) is 18.6 Å². The molecule has 5 heteroatoms. The van der Waals surface area contributed by atoms with Gasteiger partial charge in [-0.05, 0) is 31.2 Å². The number of nitrogens with zero attached hydrogens (tertiary/aromatic N) is 3. The minimum atomic E-state index is -0.0943. The lowest BCUT2D eigenvalue weighted by molar-refractivity contribution is -0.149. The highest BCUT2D eigenvalue weighted by atomic mass is 16.5. The predicted octanol–water partition coefficient (Wildman–Crippen LogP) is 7.88. The van der Waals surface area contributed by atoms with Gasteiger partial charge in [0.2, 0.25) is 0 Å². The fourth-order valence-corrected chi connectivity index (χ4v) is 3.31. The van der Waals surface area contributed by atoms with Crippen molar-refractivity contribution in [2.75, 3.05) is 6.54 Å². The molecule has 0 aliphatic rings. The summed E-state index contributed by atoms with van der Waals surface area (Å²) < 4.78 is 5.65. The van der Waals surface area contributed by atoms with Gasteiger partial charge in [0, 0.05) is 17.9 Å². The molecule has 0 amide bonds. The number of ether oxygens (including phenoxy) is 1. The molecule has 0 aliphatic heterocycles. The second-order valence-corrected chi connectivity index (χ2v) is 7.64. The van der Waals surface area contributed by atoms with Crippen molar-refractivity contribution in [3.05, 3.63) is 10.4 Å². The van der Waals surface area contributed by atoms with Crippen molar-refractivity contribution in [1.82, 2.24) is 0 Å². The van der Waals surface area contributed by atoms with Crippen LogP contribution in [0.1, 0.15) is 123 Å². The van der Waals surface area contributed by atoms with Crippen LogP contribution in [0, 0.1) is 0 Å². The first-order valence-electron chi connectivity index (χ1n) is 11.4. The van der Waals surface area contributed by atoms with Crippen LogP contribution < -0.4 is 0 Å². The van der Waals surface area contributed by atoms with Gasteiger partial charge in [-0.3, -0.25) is 4.79 Å². The monoisotopic (exact) mass is 381 g/mol. The summed E-state index contributed by atoms with van der Waals surface area (Å²) in [5, 5.41) is 3.59. The van der Waals surface area contributed by atoms with Crippen LogP contribution in [-0.2, 0) is 9.53 Å². The number of carbonyl (C=O) groups excluding carboxylic acids is 1. The van der Waals surface area contributed by atoms with Gasteiger partial charge in [0.15, 0.2) is 0 Å². The molecule has 0 rings (SSSR count). The Labute approximate surface area is 167 Å². The maximum Gasteiger partial charge on any atom is 0.306 e. The molecule has 0 aliphatic carbocycles. The Bertz CT molecular complexity index is 382. The number of hydrogen-bond donors (Lipinski definition) is 0. The molecule has 0 fully saturated rings. The van der Waals surface area contributed by atoms with Crippen molar-refractivity contribution < 1.29 is 9.53 Å². The highest BCUT2D eigenvalue weighted by Gasteiger charge is 2.13. The molecular formula is C22H43N3O2. The molecule has 0 N–H and O–H groups in total. The van der Waals surface area contributed by atoms with Gasteiger partial charge in [0.05, 0.1) is 0 Å². The zero-order valence-corrected chi connectivity index (χ0v) is 18.0. The van der Waals surface area contributed by atoms with E-state index < -0.39 is 0 Å². The summed E-state index contributed by atoms with van der Waals surface area (Å²) in [6.45, 7) is 4.85. The molecule has 158 valence electrons. The van der Waals surface area contributed by atoms with Gasteiger partial charge < -0.3 is 4.74 Å². The Hall–Kier alpha value is -1.22. The largest absolute Gasteiger partial charge is 0.462 e. The predicted molar refractivity (Wildman–Crippen MR) is 114 cm³/mol. The van der Waals surface area contributed by atoms with E-state index in [9.17, 15) is 4.79 Å². The molecule has 0 spiro atoms. The Morgan fingerprint density at radius 2 is 1.33 bits per heavy atom. The average molecular weight is 382 g/mol. The van der Waals surface area contributed by atoms with Crippen LogP contribution in [0.5, 0.6) is 0 Å². The molecule has 0 unspecified atom stereocenters. The van der Waals surface area contributed by atoms with Crippen LogP contribution in [0.4, 0.5) is 0 Å². The number of hydrogen-bond acceptors (Lipinski definition) is 3. The number of rotatable bonds is 20. The minimum Gasteiger partial charge on any atom is -0.462 e. The first-order chi connectivity index (χ1) is 13.2. The van der Waals surface area contributed by atoms with Gasteiger partial charge in [-0.2, -0.15) is 0 Å². The van der Waals surface area contributed by atoms with Crippen molar-refractivity contribution >= 4 is 5.97 Å². The average Bonchev–Trinajstić information content (AvgIpc) is 2.66. The highest BCUT2D eigenvalue weighted by Crippen LogP contribution is 2.15. The second-order valence-electron chi connectivity index (χ2n) is 7.64. The second kappa shape index (κ2) is 21.1. The van der Waals surface area contributed by atoms with Crippen LogP contribution >= 0.6 is 0 Å². The molecule has 0 aromatic carbocycles. The van der Waals surface area contributed by atoms with E-state index in [2.05, 4.69) is 23.9 Å². The molecule has 27 heavy (non-hydrogen) atoms. The Balaban J connectivity index is 3.83. The SMILES string of the molecule is CCCCCCCCCCCC(=O)O[C@H](CCCCCCC)CCN=[N+]=[N-]. The number of esters is 1. The summed E-state index contributed by atoms with van der Waals surface area (Å²) in [5.41, 5.74) is 8.43. The highest BCUT2D eigenvalue weighted by molar-refractivity contribution is 5.69. The molecule has 0 heterocycles. The van der Waals surface area contributed by atoms with Crippen LogP contribution in [0.25, 0.3) is 10.4 Å². The number of carbonyl (C=O) groups is 1. The van der Waals surface area contributed by atoms with Crippen LogP contribution in [0.15, 0.2) is 5.11 Å². The number of azide groups is 1.